The number of aliphatic carboxylic acids is 1. The highest BCUT2D eigenvalue weighted by atomic mass is 16.5. The van der Waals surface area contributed by atoms with Gasteiger partial charge in [0.1, 0.15) is 0 Å². The topological polar surface area (TPSA) is 66.8 Å². The number of hydrogen-bond donors (Lipinski definition) is 2. The van der Waals surface area contributed by atoms with Gasteiger partial charge in [-0.1, -0.05) is 36.8 Å². The van der Waals surface area contributed by atoms with E-state index >= 15 is 0 Å². The highest BCUT2D eigenvalue weighted by molar-refractivity contribution is 5.80. The normalized spacial score (nSPS) is 37.8. The number of carboxylic acids is 1. The molecule has 4 nitrogen and oxygen atoms in total. The Hall–Kier alpha value is -1.39. The first-order valence-electron chi connectivity index (χ1n) is 8.37. The highest BCUT2D eigenvalue weighted by Crippen LogP contribution is 2.49. The molecule has 0 aromatic rings. The number of aliphatic hydroxyl groups is 1. The molecular formula is C19H28O4. The van der Waals surface area contributed by atoms with Gasteiger partial charge in [-0.3, -0.25) is 0 Å². The Morgan fingerprint density at radius 1 is 1.39 bits per heavy atom. The van der Waals surface area contributed by atoms with E-state index in [2.05, 4.69) is 26.0 Å². The second-order valence-electron chi connectivity index (χ2n) is 6.96. The van der Waals surface area contributed by atoms with Crippen LogP contribution in [0, 0.1) is 29.6 Å². The second-order valence-corrected chi connectivity index (χ2v) is 6.96. The predicted molar refractivity (Wildman–Crippen MR) is 89.9 cm³/mol. The van der Waals surface area contributed by atoms with Crippen LogP contribution in [0.5, 0.6) is 0 Å². The van der Waals surface area contributed by atoms with Gasteiger partial charge in [0.05, 0.1) is 6.10 Å². The molecule has 0 radical (unpaired) electrons. The lowest BCUT2D eigenvalue weighted by Crippen LogP contribution is -2.45. The lowest BCUT2D eigenvalue weighted by atomic mass is 9.58. The third-order valence-electron chi connectivity index (χ3n) is 5.45. The summed E-state index contributed by atoms with van der Waals surface area (Å²) in [6.45, 7) is 4.64. The van der Waals surface area contributed by atoms with Crippen LogP contribution < -0.4 is 0 Å². The molecule has 0 saturated heterocycles. The molecule has 0 spiro atoms. The van der Waals surface area contributed by atoms with Crippen LogP contribution in [-0.2, 0) is 9.53 Å². The number of hydrogen-bond acceptors (Lipinski definition) is 3. The van der Waals surface area contributed by atoms with E-state index in [1.165, 1.54) is 5.57 Å². The molecule has 6 unspecified atom stereocenters. The van der Waals surface area contributed by atoms with Gasteiger partial charge in [-0.05, 0) is 43.4 Å². The summed E-state index contributed by atoms with van der Waals surface area (Å²) in [7, 11) is 1.75. The number of ether oxygens (including phenoxy) is 1. The van der Waals surface area contributed by atoms with E-state index in [-0.39, 0.29) is 12.7 Å². The first kappa shape index (κ1) is 18.0. The van der Waals surface area contributed by atoms with E-state index in [1.807, 2.05) is 6.08 Å². The summed E-state index contributed by atoms with van der Waals surface area (Å²) >= 11 is 0. The summed E-state index contributed by atoms with van der Waals surface area (Å²) in [5.41, 5.74) is 1.28. The van der Waals surface area contributed by atoms with Crippen LogP contribution >= 0.6 is 0 Å². The van der Waals surface area contributed by atoms with Gasteiger partial charge in [-0.15, -0.1) is 0 Å². The standard InChI is InChI=1S/C19H28O4/c1-12-9-17(23-3)16-10-14(11-20)8-13(2)19(16)15(12)6-4-5-7-18(21)22/h4-7,9,13-17,19-20H,8,10-11H2,1-3H3,(H,21,22). The Morgan fingerprint density at radius 3 is 2.74 bits per heavy atom. The average molecular weight is 320 g/mol. The van der Waals surface area contributed by atoms with Gasteiger partial charge in [0.2, 0.25) is 0 Å². The minimum atomic E-state index is -0.931. The van der Waals surface area contributed by atoms with E-state index in [1.54, 1.807) is 13.2 Å². The Balaban J connectivity index is 2.25. The molecule has 2 aliphatic rings. The molecule has 0 bridgehead atoms. The molecule has 2 N–H and O–H groups in total. The highest BCUT2D eigenvalue weighted by Gasteiger charge is 2.45. The first-order chi connectivity index (χ1) is 11.0. The van der Waals surface area contributed by atoms with Gasteiger partial charge in [0.25, 0.3) is 0 Å². The SMILES string of the molecule is COC1C=C(C)C(C=CC=CC(=O)O)C2C(C)CC(CO)CC12. The molecule has 0 aromatic carbocycles. The third kappa shape index (κ3) is 4.12. The zero-order valence-corrected chi connectivity index (χ0v) is 14.2. The van der Waals surface area contributed by atoms with Crippen LogP contribution in [0.3, 0.4) is 0 Å². The van der Waals surface area contributed by atoms with Crippen molar-refractivity contribution in [1.82, 2.24) is 0 Å². The first-order valence-corrected chi connectivity index (χ1v) is 8.37. The van der Waals surface area contributed by atoms with Crippen LogP contribution in [0.2, 0.25) is 0 Å². The van der Waals surface area contributed by atoms with Crippen molar-refractivity contribution in [3.8, 4) is 0 Å². The van der Waals surface area contributed by atoms with Gasteiger partial charge < -0.3 is 14.9 Å². The number of carboxylic acid groups (broad SMARTS) is 1. The monoisotopic (exact) mass is 320 g/mol. The largest absolute Gasteiger partial charge is 0.478 e. The van der Waals surface area contributed by atoms with Crippen LogP contribution in [0.1, 0.15) is 26.7 Å². The third-order valence-corrected chi connectivity index (χ3v) is 5.45. The van der Waals surface area contributed by atoms with Crippen LogP contribution in [0.4, 0.5) is 0 Å². The average Bonchev–Trinajstić information content (AvgIpc) is 2.52. The fourth-order valence-corrected chi connectivity index (χ4v) is 4.51. The van der Waals surface area contributed by atoms with Crippen molar-refractivity contribution >= 4 is 5.97 Å². The molecule has 0 aromatic heterocycles. The van der Waals surface area contributed by atoms with E-state index in [9.17, 15) is 9.90 Å². The molecule has 0 heterocycles. The van der Waals surface area contributed by atoms with Gasteiger partial charge in [0, 0.05) is 25.7 Å². The molecule has 6 atom stereocenters. The fourth-order valence-electron chi connectivity index (χ4n) is 4.51. The molecule has 1 saturated carbocycles. The lowest BCUT2D eigenvalue weighted by molar-refractivity contribution is -0.131. The maximum atomic E-state index is 10.6. The van der Waals surface area contributed by atoms with Crippen molar-refractivity contribution in [2.75, 3.05) is 13.7 Å². The smallest absolute Gasteiger partial charge is 0.328 e. The summed E-state index contributed by atoms with van der Waals surface area (Å²) in [5.74, 6) is 1.11. The molecule has 2 aliphatic carbocycles. The minimum Gasteiger partial charge on any atom is -0.478 e. The number of methoxy groups -OCH3 is 1. The summed E-state index contributed by atoms with van der Waals surface area (Å²) in [6.07, 6.45) is 11.0. The van der Waals surface area contributed by atoms with Crippen molar-refractivity contribution in [1.29, 1.82) is 0 Å². The van der Waals surface area contributed by atoms with Gasteiger partial charge in [0.15, 0.2) is 0 Å². The molecular weight excluding hydrogens is 292 g/mol. The summed E-state index contributed by atoms with van der Waals surface area (Å²) < 4.78 is 5.70. The van der Waals surface area contributed by atoms with Crippen LogP contribution in [0.25, 0.3) is 0 Å². The number of carbonyl (C=O) groups is 1. The molecule has 0 amide bonds. The van der Waals surface area contributed by atoms with E-state index in [4.69, 9.17) is 9.84 Å². The Labute approximate surface area is 138 Å². The quantitative estimate of drug-likeness (QED) is 0.464. The van der Waals surface area contributed by atoms with Gasteiger partial charge in [-0.2, -0.15) is 0 Å². The Morgan fingerprint density at radius 2 is 2.13 bits per heavy atom. The molecule has 23 heavy (non-hydrogen) atoms. The maximum Gasteiger partial charge on any atom is 0.328 e. The Kier molecular flexibility index (Phi) is 6.19. The zero-order valence-electron chi connectivity index (χ0n) is 14.2. The summed E-state index contributed by atoms with van der Waals surface area (Å²) in [5, 5.41) is 18.2. The lowest BCUT2D eigenvalue weighted by Gasteiger charge is -2.48. The van der Waals surface area contributed by atoms with Crippen molar-refractivity contribution in [2.24, 2.45) is 29.6 Å². The van der Waals surface area contributed by atoms with E-state index < -0.39 is 5.97 Å². The zero-order chi connectivity index (χ0) is 17.0. The number of rotatable bonds is 5. The van der Waals surface area contributed by atoms with Crippen molar-refractivity contribution in [3.63, 3.8) is 0 Å². The molecule has 2 rings (SSSR count). The van der Waals surface area contributed by atoms with Gasteiger partial charge in [-0.25, -0.2) is 4.79 Å². The summed E-state index contributed by atoms with van der Waals surface area (Å²) in [4.78, 5) is 10.6. The van der Waals surface area contributed by atoms with Crippen molar-refractivity contribution < 1.29 is 19.7 Å². The Bertz CT molecular complexity index is 505. The number of fused-ring (bicyclic) bond motifs is 1. The molecule has 0 aliphatic heterocycles. The molecule has 4 heteroatoms. The number of allylic oxidation sites excluding steroid dienone is 4. The molecule has 128 valence electrons. The maximum absolute atomic E-state index is 10.6. The summed E-state index contributed by atoms with van der Waals surface area (Å²) in [6, 6.07) is 0. The van der Waals surface area contributed by atoms with Crippen LogP contribution in [-0.4, -0.2) is 36.0 Å². The van der Waals surface area contributed by atoms with Crippen molar-refractivity contribution in [2.45, 2.75) is 32.8 Å². The van der Waals surface area contributed by atoms with Gasteiger partial charge >= 0.3 is 5.97 Å². The minimum absolute atomic E-state index is 0.107. The van der Waals surface area contributed by atoms with E-state index in [0.717, 1.165) is 18.9 Å². The van der Waals surface area contributed by atoms with Crippen LogP contribution in [0.15, 0.2) is 36.0 Å². The van der Waals surface area contributed by atoms with E-state index in [0.29, 0.717) is 29.6 Å². The predicted octanol–water partition coefficient (Wildman–Crippen LogP) is 3.05. The second kappa shape index (κ2) is 7.93. The molecule has 1 fully saturated rings. The fraction of sp³-hybridized carbons (Fsp3) is 0.632. The van der Waals surface area contributed by atoms with Crippen molar-refractivity contribution in [3.05, 3.63) is 36.0 Å². The number of aliphatic hydroxyl groups excluding tert-OH is 1.